The monoisotopic (exact) mass is 197 g/mol. The molecule has 0 saturated carbocycles. The van der Waals surface area contributed by atoms with Crippen LogP contribution in [0.5, 0.6) is 0 Å². The molecule has 1 atom stereocenters. The van der Waals surface area contributed by atoms with E-state index < -0.39 is 6.04 Å². The lowest BCUT2D eigenvalue weighted by Gasteiger charge is -2.14. The van der Waals surface area contributed by atoms with Crippen molar-refractivity contribution in [1.29, 1.82) is 0 Å². The van der Waals surface area contributed by atoms with Gasteiger partial charge in [-0.1, -0.05) is 19.0 Å². The van der Waals surface area contributed by atoms with Crippen LogP contribution in [0.25, 0.3) is 0 Å². The molecule has 0 aromatic carbocycles. The summed E-state index contributed by atoms with van der Waals surface area (Å²) >= 11 is 0. The molecular formula is C9H15N3O2. The van der Waals surface area contributed by atoms with E-state index in [2.05, 4.69) is 15.0 Å². The molecule has 1 aromatic rings. The molecule has 0 fully saturated rings. The standard InChI is InChI=1S/C9H15N3O2/c1-6(2)8(10)9(13)11-5-7-3-4-14-12-7/h3-4,6,8H,5,10H2,1-2H3,(H,11,13)/t8-/m1/s1. The van der Waals surface area contributed by atoms with E-state index in [0.717, 1.165) is 0 Å². The van der Waals surface area contributed by atoms with Crippen molar-refractivity contribution in [1.82, 2.24) is 10.5 Å². The van der Waals surface area contributed by atoms with Gasteiger partial charge in [0.15, 0.2) is 0 Å². The average molecular weight is 197 g/mol. The van der Waals surface area contributed by atoms with Crippen LogP contribution >= 0.6 is 0 Å². The van der Waals surface area contributed by atoms with Crippen LogP contribution in [-0.4, -0.2) is 17.1 Å². The molecule has 1 heterocycles. The van der Waals surface area contributed by atoms with Crippen molar-refractivity contribution in [3.8, 4) is 0 Å². The first kappa shape index (κ1) is 10.7. The van der Waals surface area contributed by atoms with Gasteiger partial charge in [-0.05, 0) is 5.92 Å². The van der Waals surface area contributed by atoms with Crippen molar-refractivity contribution in [2.24, 2.45) is 11.7 Å². The van der Waals surface area contributed by atoms with Crippen LogP contribution < -0.4 is 11.1 Å². The summed E-state index contributed by atoms with van der Waals surface area (Å²) in [6.07, 6.45) is 1.46. The normalized spacial score (nSPS) is 12.9. The lowest BCUT2D eigenvalue weighted by molar-refractivity contribution is -0.123. The molecule has 0 bridgehead atoms. The van der Waals surface area contributed by atoms with Crippen molar-refractivity contribution in [3.63, 3.8) is 0 Å². The van der Waals surface area contributed by atoms with Crippen LogP contribution in [0.2, 0.25) is 0 Å². The molecular weight excluding hydrogens is 182 g/mol. The lowest BCUT2D eigenvalue weighted by atomic mass is 10.1. The maximum atomic E-state index is 11.4. The zero-order valence-electron chi connectivity index (χ0n) is 8.36. The van der Waals surface area contributed by atoms with Crippen LogP contribution in [-0.2, 0) is 11.3 Å². The third kappa shape index (κ3) is 2.85. The van der Waals surface area contributed by atoms with Crippen molar-refractivity contribution >= 4 is 5.91 Å². The van der Waals surface area contributed by atoms with Crippen LogP contribution in [0.4, 0.5) is 0 Å². The van der Waals surface area contributed by atoms with Crippen molar-refractivity contribution < 1.29 is 9.32 Å². The Morgan fingerprint density at radius 1 is 1.71 bits per heavy atom. The summed E-state index contributed by atoms with van der Waals surface area (Å²) in [5.74, 6) is -0.0321. The van der Waals surface area contributed by atoms with E-state index in [1.165, 1.54) is 6.26 Å². The second kappa shape index (κ2) is 4.76. The molecule has 1 rings (SSSR count). The number of carbonyl (C=O) groups is 1. The van der Waals surface area contributed by atoms with Gasteiger partial charge >= 0.3 is 0 Å². The van der Waals surface area contributed by atoms with E-state index in [4.69, 9.17) is 5.73 Å². The molecule has 78 valence electrons. The summed E-state index contributed by atoms with van der Waals surface area (Å²) in [7, 11) is 0. The second-order valence-electron chi connectivity index (χ2n) is 3.48. The highest BCUT2D eigenvalue weighted by atomic mass is 16.5. The minimum Gasteiger partial charge on any atom is -0.364 e. The Hall–Kier alpha value is -1.36. The molecule has 0 radical (unpaired) electrons. The van der Waals surface area contributed by atoms with E-state index >= 15 is 0 Å². The predicted octanol–water partition coefficient (Wildman–Crippen LogP) is 0.274. The fourth-order valence-electron chi connectivity index (χ4n) is 0.927. The Bertz CT molecular complexity index is 282. The number of aromatic nitrogens is 1. The molecule has 1 amide bonds. The van der Waals surface area contributed by atoms with Crippen molar-refractivity contribution in [2.75, 3.05) is 0 Å². The lowest BCUT2D eigenvalue weighted by Crippen LogP contribution is -2.43. The average Bonchev–Trinajstić information content (AvgIpc) is 2.65. The van der Waals surface area contributed by atoms with Gasteiger partial charge < -0.3 is 15.6 Å². The third-order valence-electron chi connectivity index (χ3n) is 1.96. The minimum absolute atomic E-state index is 0.132. The van der Waals surface area contributed by atoms with Crippen molar-refractivity contribution in [3.05, 3.63) is 18.0 Å². The molecule has 0 unspecified atom stereocenters. The van der Waals surface area contributed by atoms with Gasteiger partial charge in [0.25, 0.3) is 0 Å². The van der Waals surface area contributed by atoms with E-state index in [1.54, 1.807) is 6.07 Å². The number of nitrogens with zero attached hydrogens (tertiary/aromatic N) is 1. The maximum Gasteiger partial charge on any atom is 0.237 e. The Labute approximate surface area is 82.6 Å². The summed E-state index contributed by atoms with van der Waals surface area (Å²) in [5.41, 5.74) is 6.33. The predicted molar refractivity (Wildman–Crippen MR) is 51.2 cm³/mol. The molecule has 0 aliphatic carbocycles. The van der Waals surface area contributed by atoms with Crippen LogP contribution in [0.15, 0.2) is 16.9 Å². The number of hydrogen-bond acceptors (Lipinski definition) is 4. The summed E-state index contributed by atoms with van der Waals surface area (Å²) in [6.45, 7) is 4.16. The number of rotatable bonds is 4. The Morgan fingerprint density at radius 2 is 2.43 bits per heavy atom. The van der Waals surface area contributed by atoms with Crippen LogP contribution in [0.1, 0.15) is 19.5 Å². The van der Waals surface area contributed by atoms with E-state index in [0.29, 0.717) is 12.2 Å². The summed E-state index contributed by atoms with van der Waals surface area (Å²) < 4.78 is 4.62. The highest BCUT2D eigenvalue weighted by Crippen LogP contribution is 1.99. The number of nitrogens with two attached hydrogens (primary N) is 1. The Morgan fingerprint density at radius 3 is 2.93 bits per heavy atom. The first-order valence-corrected chi connectivity index (χ1v) is 4.54. The Balaban J connectivity index is 2.35. The fourth-order valence-corrected chi connectivity index (χ4v) is 0.927. The molecule has 14 heavy (non-hydrogen) atoms. The zero-order valence-corrected chi connectivity index (χ0v) is 8.36. The van der Waals surface area contributed by atoms with Gasteiger partial charge in [0, 0.05) is 6.07 Å². The quantitative estimate of drug-likeness (QED) is 0.726. The third-order valence-corrected chi connectivity index (χ3v) is 1.96. The van der Waals surface area contributed by atoms with Crippen molar-refractivity contribution in [2.45, 2.75) is 26.4 Å². The maximum absolute atomic E-state index is 11.4. The summed E-state index contributed by atoms with van der Waals surface area (Å²) in [5, 5.41) is 6.34. The minimum atomic E-state index is -0.470. The molecule has 0 spiro atoms. The molecule has 0 aliphatic rings. The summed E-state index contributed by atoms with van der Waals surface area (Å²) in [6, 6.07) is 1.23. The van der Waals surface area contributed by atoms with E-state index in [-0.39, 0.29) is 11.8 Å². The number of nitrogens with one attached hydrogen (secondary N) is 1. The molecule has 1 aromatic heterocycles. The molecule has 0 aliphatic heterocycles. The second-order valence-corrected chi connectivity index (χ2v) is 3.48. The largest absolute Gasteiger partial charge is 0.364 e. The Kier molecular flexibility index (Phi) is 3.64. The fraction of sp³-hybridized carbons (Fsp3) is 0.556. The van der Waals surface area contributed by atoms with Gasteiger partial charge in [-0.25, -0.2) is 0 Å². The number of hydrogen-bond donors (Lipinski definition) is 2. The smallest absolute Gasteiger partial charge is 0.237 e. The SMILES string of the molecule is CC(C)[C@@H](N)C(=O)NCc1ccon1. The topological polar surface area (TPSA) is 81.2 Å². The number of carbonyl (C=O) groups excluding carboxylic acids is 1. The molecule has 5 nitrogen and oxygen atoms in total. The highest BCUT2D eigenvalue weighted by Gasteiger charge is 2.16. The molecule has 0 saturated heterocycles. The van der Waals surface area contributed by atoms with Crippen LogP contribution in [0.3, 0.4) is 0 Å². The van der Waals surface area contributed by atoms with Gasteiger partial charge in [0.1, 0.15) is 12.0 Å². The first-order chi connectivity index (χ1) is 6.61. The van der Waals surface area contributed by atoms with Gasteiger partial charge in [0.05, 0.1) is 12.6 Å². The van der Waals surface area contributed by atoms with Gasteiger partial charge in [-0.15, -0.1) is 0 Å². The molecule has 3 N–H and O–H groups in total. The van der Waals surface area contributed by atoms with E-state index in [1.807, 2.05) is 13.8 Å². The van der Waals surface area contributed by atoms with Gasteiger partial charge in [-0.3, -0.25) is 4.79 Å². The van der Waals surface area contributed by atoms with Crippen LogP contribution in [0, 0.1) is 5.92 Å². The highest BCUT2D eigenvalue weighted by molar-refractivity contribution is 5.81. The summed E-state index contributed by atoms with van der Waals surface area (Å²) in [4.78, 5) is 11.4. The van der Waals surface area contributed by atoms with Gasteiger partial charge in [0.2, 0.25) is 5.91 Å². The van der Waals surface area contributed by atoms with E-state index in [9.17, 15) is 4.79 Å². The number of amides is 1. The first-order valence-electron chi connectivity index (χ1n) is 4.54. The molecule has 5 heteroatoms. The zero-order chi connectivity index (χ0) is 10.6. The van der Waals surface area contributed by atoms with Gasteiger partial charge in [-0.2, -0.15) is 0 Å².